The van der Waals surface area contributed by atoms with Crippen molar-refractivity contribution in [2.45, 2.75) is 6.92 Å². The molecule has 0 saturated carbocycles. The van der Waals surface area contributed by atoms with Crippen LogP contribution in [0.3, 0.4) is 0 Å². The molecule has 1 aromatic carbocycles. The third-order valence-corrected chi connectivity index (χ3v) is 2.75. The molecule has 0 atom stereocenters. The number of aromatic carboxylic acids is 1. The van der Waals surface area contributed by atoms with Crippen LogP contribution in [0.25, 0.3) is 0 Å². The van der Waals surface area contributed by atoms with Crippen molar-refractivity contribution in [2.24, 2.45) is 0 Å². The SMILES string of the molecule is Cc1ccc(F)cc1Nc1nc(Cl)ccc1C(=O)O. The summed E-state index contributed by atoms with van der Waals surface area (Å²) in [5.74, 6) is -1.48. The van der Waals surface area contributed by atoms with E-state index < -0.39 is 11.8 Å². The normalized spacial score (nSPS) is 10.3. The lowest BCUT2D eigenvalue weighted by Crippen LogP contribution is -2.05. The molecule has 2 aromatic rings. The first-order valence-electron chi connectivity index (χ1n) is 5.40. The Morgan fingerprint density at radius 3 is 2.79 bits per heavy atom. The molecule has 1 heterocycles. The van der Waals surface area contributed by atoms with Crippen LogP contribution in [-0.2, 0) is 0 Å². The molecular formula is C13H10ClFN2O2. The van der Waals surface area contributed by atoms with Gasteiger partial charge in [0.2, 0.25) is 0 Å². The van der Waals surface area contributed by atoms with Gasteiger partial charge in [0.15, 0.2) is 0 Å². The van der Waals surface area contributed by atoms with Gasteiger partial charge < -0.3 is 10.4 Å². The van der Waals surface area contributed by atoms with Gasteiger partial charge in [-0.05, 0) is 36.8 Å². The van der Waals surface area contributed by atoms with Crippen molar-refractivity contribution >= 4 is 29.1 Å². The maximum atomic E-state index is 13.2. The minimum absolute atomic E-state index is 0.0342. The van der Waals surface area contributed by atoms with Crippen molar-refractivity contribution in [3.8, 4) is 0 Å². The van der Waals surface area contributed by atoms with Gasteiger partial charge >= 0.3 is 5.97 Å². The standard InChI is InChI=1S/C13H10ClFN2O2/c1-7-2-3-8(15)6-10(7)16-12-9(13(18)19)4-5-11(14)17-12/h2-6H,1H3,(H,16,17)(H,18,19). The number of nitrogens with zero attached hydrogens (tertiary/aromatic N) is 1. The van der Waals surface area contributed by atoms with E-state index >= 15 is 0 Å². The third-order valence-electron chi connectivity index (χ3n) is 2.54. The van der Waals surface area contributed by atoms with Crippen LogP contribution in [0.5, 0.6) is 0 Å². The van der Waals surface area contributed by atoms with Gasteiger partial charge in [-0.2, -0.15) is 0 Å². The second-order valence-corrected chi connectivity index (χ2v) is 4.31. The van der Waals surface area contributed by atoms with E-state index in [1.54, 1.807) is 13.0 Å². The number of aromatic nitrogens is 1. The van der Waals surface area contributed by atoms with Crippen LogP contribution in [-0.4, -0.2) is 16.1 Å². The van der Waals surface area contributed by atoms with Crippen LogP contribution in [0.4, 0.5) is 15.9 Å². The molecule has 6 heteroatoms. The number of halogens is 2. The third kappa shape index (κ3) is 3.00. The predicted octanol–water partition coefficient (Wildman–Crippen LogP) is 3.62. The minimum Gasteiger partial charge on any atom is -0.478 e. The fraction of sp³-hybridized carbons (Fsp3) is 0.0769. The second kappa shape index (κ2) is 5.24. The van der Waals surface area contributed by atoms with Gasteiger partial charge in [-0.15, -0.1) is 0 Å². The number of hydrogen-bond donors (Lipinski definition) is 2. The monoisotopic (exact) mass is 280 g/mol. The van der Waals surface area contributed by atoms with E-state index in [1.807, 2.05) is 0 Å². The topological polar surface area (TPSA) is 62.2 Å². The quantitative estimate of drug-likeness (QED) is 0.843. The first-order valence-corrected chi connectivity index (χ1v) is 5.78. The van der Waals surface area contributed by atoms with Crippen LogP contribution >= 0.6 is 11.6 Å². The van der Waals surface area contributed by atoms with E-state index in [2.05, 4.69) is 10.3 Å². The second-order valence-electron chi connectivity index (χ2n) is 3.92. The number of rotatable bonds is 3. The Morgan fingerprint density at radius 1 is 1.37 bits per heavy atom. The molecule has 0 aliphatic rings. The number of pyridine rings is 1. The van der Waals surface area contributed by atoms with E-state index in [1.165, 1.54) is 24.3 Å². The van der Waals surface area contributed by atoms with Crippen molar-refractivity contribution in [3.63, 3.8) is 0 Å². The summed E-state index contributed by atoms with van der Waals surface area (Å²) in [6.45, 7) is 1.77. The molecule has 2 N–H and O–H groups in total. The molecule has 0 bridgehead atoms. The molecule has 0 fully saturated rings. The zero-order valence-electron chi connectivity index (χ0n) is 9.95. The number of carboxylic acid groups (broad SMARTS) is 1. The summed E-state index contributed by atoms with van der Waals surface area (Å²) in [5, 5.41) is 12.0. The minimum atomic E-state index is -1.14. The van der Waals surface area contributed by atoms with Crippen molar-refractivity contribution < 1.29 is 14.3 Å². The first kappa shape index (κ1) is 13.3. The molecule has 0 aliphatic carbocycles. The Morgan fingerprint density at radius 2 is 2.11 bits per heavy atom. The summed E-state index contributed by atoms with van der Waals surface area (Å²) in [6, 6.07) is 6.90. The molecule has 1 aromatic heterocycles. The Hall–Kier alpha value is -2.14. The molecule has 0 radical (unpaired) electrons. The van der Waals surface area contributed by atoms with Crippen molar-refractivity contribution in [1.29, 1.82) is 0 Å². The van der Waals surface area contributed by atoms with Gasteiger partial charge in [-0.3, -0.25) is 0 Å². The maximum absolute atomic E-state index is 13.2. The summed E-state index contributed by atoms with van der Waals surface area (Å²) in [5.41, 5.74) is 1.17. The van der Waals surface area contributed by atoms with Gasteiger partial charge in [-0.25, -0.2) is 14.2 Å². The zero-order valence-corrected chi connectivity index (χ0v) is 10.7. The smallest absolute Gasteiger partial charge is 0.339 e. The summed E-state index contributed by atoms with van der Waals surface area (Å²) in [4.78, 5) is 15.0. The number of nitrogens with one attached hydrogen (secondary N) is 1. The highest BCUT2D eigenvalue weighted by atomic mass is 35.5. The Labute approximate surface area is 113 Å². The Bertz CT molecular complexity index is 647. The van der Waals surface area contributed by atoms with Crippen LogP contribution in [0.15, 0.2) is 30.3 Å². The van der Waals surface area contributed by atoms with Gasteiger partial charge in [0.05, 0.1) is 0 Å². The molecular weight excluding hydrogens is 271 g/mol. The number of carbonyl (C=O) groups is 1. The summed E-state index contributed by atoms with van der Waals surface area (Å²) < 4.78 is 13.2. The van der Waals surface area contributed by atoms with E-state index in [-0.39, 0.29) is 16.5 Å². The van der Waals surface area contributed by atoms with E-state index in [0.29, 0.717) is 5.69 Å². The highest BCUT2D eigenvalue weighted by Gasteiger charge is 2.13. The fourth-order valence-electron chi connectivity index (χ4n) is 1.56. The van der Waals surface area contributed by atoms with Crippen LogP contribution in [0, 0.1) is 12.7 Å². The van der Waals surface area contributed by atoms with Crippen LogP contribution in [0.1, 0.15) is 15.9 Å². The molecule has 98 valence electrons. The molecule has 0 amide bonds. The zero-order chi connectivity index (χ0) is 14.0. The lowest BCUT2D eigenvalue weighted by molar-refractivity contribution is 0.0697. The molecule has 0 unspecified atom stereocenters. The average molecular weight is 281 g/mol. The average Bonchev–Trinajstić information content (AvgIpc) is 2.33. The van der Waals surface area contributed by atoms with Crippen LogP contribution in [0.2, 0.25) is 5.15 Å². The lowest BCUT2D eigenvalue weighted by Gasteiger charge is -2.11. The molecule has 4 nitrogen and oxygen atoms in total. The van der Waals surface area contributed by atoms with Gasteiger partial charge in [0, 0.05) is 5.69 Å². The van der Waals surface area contributed by atoms with Crippen molar-refractivity contribution in [1.82, 2.24) is 4.98 Å². The maximum Gasteiger partial charge on any atom is 0.339 e. The number of aryl methyl sites for hydroxylation is 1. The fourth-order valence-corrected chi connectivity index (χ4v) is 1.71. The van der Waals surface area contributed by atoms with Gasteiger partial charge in [-0.1, -0.05) is 17.7 Å². The molecule has 19 heavy (non-hydrogen) atoms. The number of anilines is 2. The van der Waals surface area contributed by atoms with Crippen LogP contribution < -0.4 is 5.32 Å². The molecule has 0 saturated heterocycles. The summed E-state index contributed by atoms with van der Waals surface area (Å²) in [7, 11) is 0. The number of carboxylic acids is 1. The van der Waals surface area contributed by atoms with Crippen molar-refractivity contribution in [2.75, 3.05) is 5.32 Å². The van der Waals surface area contributed by atoms with E-state index in [4.69, 9.17) is 16.7 Å². The Balaban J connectivity index is 2.45. The molecule has 0 aliphatic heterocycles. The van der Waals surface area contributed by atoms with E-state index in [9.17, 15) is 9.18 Å². The predicted molar refractivity (Wildman–Crippen MR) is 70.6 cm³/mol. The molecule has 2 rings (SSSR count). The van der Waals surface area contributed by atoms with E-state index in [0.717, 1.165) is 5.56 Å². The van der Waals surface area contributed by atoms with Crippen molar-refractivity contribution in [3.05, 3.63) is 52.4 Å². The largest absolute Gasteiger partial charge is 0.478 e. The number of hydrogen-bond acceptors (Lipinski definition) is 3. The summed E-state index contributed by atoms with van der Waals surface area (Å²) in [6.07, 6.45) is 0. The lowest BCUT2D eigenvalue weighted by atomic mass is 10.2. The highest BCUT2D eigenvalue weighted by molar-refractivity contribution is 6.29. The summed E-state index contributed by atoms with van der Waals surface area (Å²) >= 11 is 5.74. The van der Waals surface area contributed by atoms with Gasteiger partial charge in [0.25, 0.3) is 0 Å². The first-order chi connectivity index (χ1) is 8.97. The van der Waals surface area contributed by atoms with Gasteiger partial charge in [0.1, 0.15) is 22.4 Å². The molecule has 0 spiro atoms. The Kier molecular flexibility index (Phi) is 3.66. The number of benzene rings is 1. The highest BCUT2D eigenvalue weighted by Crippen LogP contribution is 2.24.